The van der Waals surface area contributed by atoms with Crippen LogP contribution < -0.4 is 10.0 Å². The third-order valence-corrected chi connectivity index (χ3v) is 8.54. The quantitative estimate of drug-likeness (QED) is 0.322. The molecule has 1 aliphatic carbocycles. The van der Waals surface area contributed by atoms with E-state index in [0.717, 1.165) is 16.7 Å². The highest BCUT2D eigenvalue weighted by molar-refractivity contribution is 7.89. The summed E-state index contributed by atoms with van der Waals surface area (Å²) in [5.41, 5.74) is 2.20. The highest BCUT2D eigenvalue weighted by atomic mass is 32.2. The van der Waals surface area contributed by atoms with Gasteiger partial charge in [0.25, 0.3) is 0 Å². The van der Waals surface area contributed by atoms with E-state index in [9.17, 15) is 18.0 Å². The number of rotatable bonds is 9. The third kappa shape index (κ3) is 8.26. The van der Waals surface area contributed by atoms with Crippen LogP contribution >= 0.6 is 0 Å². The Kier molecular flexibility index (Phi) is 9.43. The Balaban J connectivity index is 1.33. The molecule has 7 nitrogen and oxygen atoms in total. The van der Waals surface area contributed by atoms with Crippen molar-refractivity contribution in [1.82, 2.24) is 10.0 Å². The van der Waals surface area contributed by atoms with Crippen LogP contribution in [0.15, 0.2) is 89.8 Å². The number of sulfonamides is 1. The molecule has 3 aromatic carbocycles. The normalized spacial score (nSPS) is 18.5. The highest BCUT2D eigenvalue weighted by Crippen LogP contribution is 2.28. The van der Waals surface area contributed by atoms with Gasteiger partial charge in [0, 0.05) is 12.0 Å². The molecule has 1 fully saturated rings. The minimum absolute atomic E-state index is 0.0330. The summed E-state index contributed by atoms with van der Waals surface area (Å²) in [6.07, 6.45) is 2.26. The largest absolute Gasteiger partial charge is 0.460 e. The molecular formula is C32H38N2O5S. The van der Waals surface area contributed by atoms with Gasteiger partial charge >= 0.3 is 5.97 Å². The fourth-order valence-electron chi connectivity index (χ4n) is 5.00. The molecule has 1 amide bonds. The topological polar surface area (TPSA) is 102 Å². The van der Waals surface area contributed by atoms with Crippen molar-refractivity contribution < 1.29 is 22.7 Å². The number of carbonyl (C=O) groups excluding carboxylic acids is 2. The Hall–Kier alpha value is -3.49. The predicted octanol–water partition coefficient (Wildman–Crippen LogP) is 5.78. The molecule has 0 heterocycles. The van der Waals surface area contributed by atoms with Crippen molar-refractivity contribution >= 4 is 21.9 Å². The Bertz CT molecular complexity index is 1380. The Morgan fingerprint density at radius 2 is 1.38 bits per heavy atom. The molecule has 0 spiro atoms. The molecule has 1 aliphatic rings. The van der Waals surface area contributed by atoms with Crippen LogP contribution in [0, 0.1) is 5.92 Å². The molecule has 0 saturated heterocycles. The Morgan fingerprint density at radius 1 is 0.825 bits per heavy atom. The van der Waals surface area contributed by atoms with E-state index in [-0.39, 0.29) is 35.2 Å². The summed E-state index contributed by atoms with van der Waals surface area (Å²) in [5.74, 6) is -0.762. The van der Waals surface area contributed by atoms with E-state index >= 15 is 0 Å². The van der Waals surface area contributed by atoms with Crippen molar-refractivity contribution in [3.63, 3.8) is 0 Å². The molecule has 0 radical (unpaired) electrons. The van der Waals surface area contributed by atoms with Gasteiger partial charge < -0.3 is 10.1 Å². The number of esters is 1. The van der Waals surface area contributed by atoms with Crippen LogP contribution in [-0.2, 0) is 24.3 Å². The first-order valence-corrected chi connectivity index (χ1v) is 15.2. The molecule has 4 rings (SSSR count). The number of benzene rings is 3. The number of carbonyl (C=O) groups is 2. The third-order valence-electron chi connectivity index (χ3n) is 7.00. The molecule has 0 aliphatic heterocycles. The Labute approximate surface area is 237 Å². The summed E-state index contributed by atoms with van der Waals surface area (Å²) in [6.45, 7) is 5.44. The summed E-state index contributed by atoms with van der Waals surface area (Å²) < 4.78 is 34.4. The van der Waals surface area contributed by atoms with Crippen LogP contribution in [0.2, 0.25) is 0 Å². The van der Waals surface area contributed by atoms with Crippen molar-refractivity contribution in [2.24, 2.45) is 5.92 Å². The maximum absolute atomic E-state index is 13.2. The van der Waals surface area contributed by atoms with Gasteiger partial charge in [0.1, 0.15) is 5.60 Å². The number of ether oxygens (including phenoxy) is 1. The zero-order valence-electron chi connectivity index (χ0n) is 23.3. The van der Waals surface area contributed by atoms with Gasteiger partial charge in [0.15, 0.2) is 0 Å². The second kappa shape index (κ2) is 12.8. The van der Waals surface area contributed by atoms with Gasteiger partial charge in [-0.3, -0.25) is 9.59 Å². The first-order valence-electron chi connectivity index (χ1n) is 13.8. The molecule has 212 valence electrons. The molecule has 40 heavy (non-hydrogen) atoms. The van der Waals surface area contributed by atoms with Crippen LogP contribution in [-0.4, -0.2) is 31.9 Å². The summed E-state index contributed by atoms with van der Waals surface area (Å²) in [7, 11) is -3.68. The van der Waals surface area contributed by atoms with Crippen LogP contribution in [0.25, 0.3) is 11.1 Å². The SMILES string of the molecule is CC(C)(C)OC(=O)CC(NC(=O)[C@H]1CC[C@H](NS(=O)(=O)c2ccc(-c3ccccc3)cc2)CC1)c1ccccc1. The van der Waals surface area contributed by atoms with E-state index in [0.29, 0.717) is 25.7 Å². The number of hydrogen-bond donors (Lipinski definition) is 2. The van der Waals surface area contributed by atoms with E-state index in [1.54, 1.807) is 12.1 Å². The molecule has 2 N–H and O–H groups in total. The molecular weight excluding hydrogens is 524 g/mol. The maximum atomic E-state index is 13.2. The van der Waals surface area contributed by atoms with Crippen molar-refractivity contribution in [3.8, 4) is 11.1 Å². The summed E-state index contributed by atoms with van der Waals surface area (Å²) in [6, 6.07) is 25.3. The van der Waals surface area contributed by atoms with E-state index in [4.69, 9.17) is 4.74 Å². The lowest BCUT2D eigenvalue weighted by Gasteiger charge is -2.30. The van der Waals surface area contributed by atoms with Crippen LogP contribution in [0.4, 0.5) is 0 Å². The lowest BCUT2D eigenvalue weighted by Crippen LogP contribution is -2.42. The van der Waals surface area contributed by atoms with Crippen LogP contribution in [0.3, 0.4) is 0 Å². The number of hydrogen-bond acceptors (Lipinski definition) is 5. The standard InChI is InChI=1S/C32H38N2O5S/c1-32(2,3)39-30(35)22-29(25-12-8-5-9-13-25)33-31(36)26-14-18-27(19-15-26)34-40(37,38)28-20-16-24(17-21-28)23-10-6-4-7-11-23/h4-13,16-17,20-21,26-27,29,34H,14-15,18-19,22H2,1-3H3,(H,33,36)/t26-,27-,29?. The Morgan fingerprint density at radius 3 is 1.95 bits per heavy atom. The van der Waals surface area contributed by atoms with Crippen molar-refractivity contribution in [1.29, 1.82) is 0 Å². The van der Waals surface area contributed by atoms with Crippen molar-refractivity contribution in [2.45, 2.75) is 75.5 Å². The average Bonchev–Trinajstić information content (AvgIpc) is 2.93. The lowest BCUT2D eigenvalue weighted by atomic mass is 9.85. The molecule has 0 bridgehead atoms. The van der Waals surface area contributed by atoms with Gasteiger partial charge in [-0.1, -0.05) is 72.8 Å². The zero-order chi connectivity index (χ0) is 28.8. The molecule has 3 aromatic rings. The monoisotopic (exact) mass is 562 g/mol. The van der Waals surface area contributed by atoms with Gasteiger partial charge in [-0.2, -0.15) is 0 Å². The molecule has 0 aromatic heterocycles. The van der Waals surface area contributed by atoms with Crippen LogP contribution in [0.5, 0.6) is 0 Å². The number of amides is 1. The lowest BCUT2D eigenvalue weighted by molar-refractivity contribution is -0.155. The van der Waals surface area contributed by atoms with E-state index in [1.807, 2.05) is 93.6 Å². The van der Waals surface area contributed by atoms with Gasteiger partial charge in [-0.15, -0.1) is 0 Å². The first kappa shape index (κ1) is 29.5. The van der Waals surface area contributed by atoms with Crippen molar-refractivity contribution in [3.05, 3.63) is 90.5 Å². The maximum Gasteiger partial charge on any atom is 0.308 e. The minimum atomic E-state index is -3.68. The molecule has 1 unspecified atom stereocenters. The van der Waals surface area contributed by atoms with E-state index < -0.39 is 21.7 Å². The van der Waals surface area contributed by atoms with E-state index in [2.05, 4.69) is 10.0 Å². The molecule has 1 saturated carbocycles. The van der Waals surface area contributed by atoms with Crippen LogP contribution in [0.1, 0.15) is 64.5 Å². The summed E-state index contributed by atoms with van der Waals surface area (Å²) >= 11 is 0. The molecule has 1 atom stereocenters. The highest BCUT2D eigenvalue weighted by Gasteiger charge is 2.31. The van der Waals surface area contributed by atoms with Gasteiger partial charge in [0.05, 0.1) is 17.4 Å². The predicted molar refractivity (Wildman–Crippen MR) is 156 cm³/mol. The van der Waals surface area contributed by atoms with Gasteiger partial charge in [-0.05, 0) is 75.3 Å². The summed E-state index contributed by atoms with van der Waals surface area (Å²) in [5, 5.41) is 3.05. The second-order valence-electron chi connectivity index (χ2n) is 11.3. The van der Waals surface area contributed by atoms with Gasteiger partial charge in [0.2, 0.25) is 15.9 Å². The minimum Gasteiger partial charge on any atom is -0.460 e. The first-order chi connectivity index (χ1) is 19.0. The van der Waals surface area contributed by atoms with Gasteiger partial charge in [-0.25, -0.2) is 13.1 Å². The fraction of sp³-hybridized carbons (Fsp3) is 0.375. The molecule has 8 heteroatoms. The fourth-order valence-corrected chi connectivity index (χ4v) is 6.30. The summed E-state index contributed by atoms with van der Waals surface area (Å²) in [4.78, 5) is 26.0. The number of nitrogens with one attached hydrogen (secondary N) is 2. The smallest absolute Gasteiger partial charge is 0.308 e. The van der Waals surface area contributed by atoms with Crippen molar-refractivity contribution in [2.75, 3.05) is 0 Å². The second-order valence-corrected chi connectivity index (χ2v) is 13.0. The zero-order valence-corrected chi connectivity index (χ0v) is 24.1. The van der Waals surface area contributed by atoms with E-state index in [1.165, 1.54) is 0 Å². The average molecular weight is 563 g/mol.